The van der Waals surface area contributed by atoms with Crippen molar-refractivity contribution in [2.75, 3.05) is 12.8 Å². The van der Waals surface area contributed by atoms with Gasteiger partial charge in [0.25, 0.3) is 0 Å². The van der Waals surface area contributed by atoms with Crippen LogP contribution in [0.15, 0.2) is 36.4 Å². The van der Waals surface area contributed by atoms with Gasteiger partial charge in [-0.15, -0.1) is 0 Å². The van der Waals surface area contributed by atoms with Gasteiger partial charge in [0.1, 0.15) is 0 Å². The molecular formula is C33H42F6N2O2P2Ru+. The van der Waals surface area contributed by atoms with E-state index >= 15 is 0 Å². The number of hydrogen-bond donors (Lipinski definition) is 0. The molecule has 3 rings (SSSR count). The van der Waals surface area contributed by atoms with E-state index in [2.05, 4.69) is 91.3 Å². The van der Waals surface area contributed by atoms with Crippen LogP contribution in [0.5, 0.6) is 0 Å². The number of benzene rings is 2. The number of esters is 1. The molecule has 0 bridgehead atoms. The normalized spacial score (nSPS) is 15.1. The average Bonchev–Trinajstić information content (AvgIpc) is 3.22. The van der Waals surface area contributed by atoms with Crippen LogP contribution in [0.3, 0.4) is 0 Å². The van der Waals surface area contributed by atoms with Crippen molar-refractivity contribution in [1.82, 2.24) is 0 Å². The molecule has 0 aromatic heterocycles. The van der Waals surface area contributed by atoms with Crippen molar-refractivity contribution in [2.24, 2.45) is 5.41 Å². The second-order valence-corrected chi connectivity index (χ2v) is 15.7. The molecule has 1 fully saturated rings. The third-order valence-electron chi connectivity index (χ3n) is 5.77. The van der Waals surface area contributed by atoms with Crippen LogP contribution in [-0.4, -0.2) is 18.7 Å². The van der Waals surface area contributed by atoms with Crippen LogP contribution in [0.25, 0.3) is 0 Å². The van der Waals surface area contributed by atoms with Gasteiger partial charge in [-0.1, -0.05) is 86.3 Å². The van der Waals surface area contributed by atoms with Crippen molar-refractivity contribution in [3.63, 3.8) is 0 Å². The average molecular weight is 776 g/mol. The van der Waals surface area contributed by atoms with Crippen molar-refractivity contribution in [3.05, 3.63) is 89.2 Å². The maximum Gasteiger partial charge on any atom is 2.00 e. The summed E-state index contributed by atoms with van der Waals surface area (Å²) >= 11 is 0. The van der Waals surface area contributed by atoms with E-state index in [4.69, 9.17) is 15.3 Å². The second kappa shape index (κ2) is 17.9. The summed E-state index contributed by atoms with van der Waals surface area (Å²) in [6.07, 6.45) is 4.92. The van der Waals surface area contributed by atoms with Gasteiger partial charge in [-0.3, -0.25) is 4.79 Å². The van der Waals surface area contributed by atoms with Gasteiger partial charge in [-0.05, 0) is 76.3 Å². The molecule has 2 aromatic rings. The number of carbonyl (C=O) groups is 1. The number of carbonyl (C=O) groups excluding carboxylic acids is 1. The van der Waals surface area contributed by atoms with E-state index in [-0.39, 0.29) is 30.9 Å². The van der Waals surface area contributed by atoms with Crippen LogP contribution < -0.4 is 10.6 Å². The number of rotatable bonds is 6. The van der Waals surface area contributed by atoms with Crippen molar-refractivity contribution < 1.29 is 54.2 Å². The summed E-state index contributed by atoms with van der Waals surface area (Å²) in [5.74, 6) is 2.64. The number of nitriles is 2. The van der Waals surface area contributed by atoms with Gasteiger partial charge < -0.3 is 4.74 Å². The Morgan fingerprint density at radius 1 is 0.761 bits per heavy atom. The molecule has 0 amide bonds. The van der Waals surface area contributed by atoms with E-state index in [1.54, 1.807) is 12.1 Å². The molecule has 13 heteroatoms. The molecule has 1 aliphatic rings. The molecule has 0 N–H and O–H groups in total. The minimum atomic E-state index is -10.7. The summed E-state index contributed by atoms with van der Waals surface area (Å²) in [7, 11) is -11.3. The Morgan fingerprint density at radius 2 is 1.09 bits per heavy atom. The summed E-state index contributed by atoms with van der Waals surface area (Å²) < 4.78 is 65.0. The van der Waals surface area contributed by atoms with Gasteiger partial charge >= 0.3 is 58.4 Å². The molecule has 0 aliphatic heterocycles. The SMILES string of the molecule is CC#N.CC#N.C[C]1[CH][C](C(C)(C)C)[CH][C]1C(=O)OCCP(c1cc(C)cc(C)c1)c1cc(C)cc(C)c1.F[P-](F)(F)(F)(F)F.[Ru+2]. The molecule has 1 saturated carbocycles. The van der Waals surface area contributed by atoms with Gasteiger partial charge in [0.05, 0.1) is 24.7 Å². The summed E-state index contributed by atoms with van der Waals surface area (Å²) in [4.78, 5) is 12.9. The predicted octanol–water partition coefficient (Wildman–Crippen LogP) is 10.5. The summed E-state index contributed by atoms with van der Waals surface area (Å²) in [5, 5.41) is 17.3. The Labute approximate surface area is 285 Å². The van der Waals surface area contributed by atoms with Crippen molar-refractivity contribution in [2.45, 2.75) is 69.2 Å². The molecule has 0 saturated heterocycles. The van der Waals surface area contributed by atoms with Crippen LogP contribution in [-0.2, 0) is 29.0 Å². The molecule has 4 nitrogen and oxygen atoms in total. The maximum absolute atomic E-state index is 12.9. The fourth-order valence-corrected chi connectivity index (χ4v) is 6.73. The zero-order valence-corrected chi connectivity index (χ0v) is 31.3. The third kappa shape index (κ3) is 21.0. The first kappa shape index (κ1) is 46.1. The van der Waals surface area contributed by atoms with Crippen molar-refractivity contribution in [3.8, 4) is 12.1 Å². The molecule has 5 radical (unpaired) electrons. The monoisotopic (exact) mass is 776 g/mol. The quantitative estimate of drug-likeness (QED) is 0.127. The Morgan fingerprint density at radius 3 is 1.37 bits per heavy atom. The smallest absolute Gasteiger partial charge is 2.00 e. The van der Waals surface area contributed by atoms with Crippen LogP contribution >= 0.6 is 15.7 Å². The van der Waals surface area contributed by atoms with Gasteiger partial charge in [0.15, 0.2) is 0 Å². The minimum Gasteiger partial charge on any atom is 2.00 e. The Hall–Kier alpha value is -2.05. The number of ether oxygens (including phenoxy) is 1. The zero-order chi connectivity index (χ0) is 35.5. The van der Waals surface area contributed by atoms with Gasteiger partial charge in [0.2, 0.25) is 0 Å². The van der Waals surface area contributed by atoms with E-state index < -0.39 is 15.7 Å². The molecule has 0 heterocycles. The first-order valence-corrected chi connectivity index (χ1v) is 17.3. The Kier molecular flexibility index (Phi) is 17.9. The molecule has 2 aromatic carbocycles. The maximum atomic E-state index is 12.9. The summed E-state index contributed by atoms with van der Waals surface area (Å²) in [5.41, 5.74) is 5.11. The Bertz CT molecular complexity index is 1250. The first-order valence-electron chi connectivity index (χ1n) is 13.8. The van der Waals surface area contributed by atoms with E-state index in [1.807, 2.05) is 13.3 Å². The van der Waals surface area contributed by atoms with Crippen LogP contribution in [0.4, 0.5) is 25.2 Å². The molecule has 1 aliphatic carbocycles. The Balaban J connectivity index is 0. The van der Waals surface area contributed by atoms with E-state index in [1.165, 1.54) is 52.6 Å². The van der Waals surface area contributed by atoms with E-state index in [9.17, 15) is 30.0 Å². The molecule has 255 valence electrons. The number of hydrogen-bond acceptors (Lipinski definition) is 4. The second-order valence-electron chi connectivity index (χ2n) is 11.5. The minimum absolute atomic E-state index is 0. The van der Waals surface area contributed by atoms with E-state index in [0.717, 1.165) is 12.1 Å². The molecule has 0 atom stereocenters. The van der Waals surface area contributed by atoms with Crippen molar-refractivity contribution in [1.29, 1.82) is 10.5 Å². The van der Waals surface area contributed by atoms with Crippen molar-refractivity contribution >= 4 is 32.3 Å². The molecule has 0 spiro atoms. The number of halogens is 6. The summed E-state index contributed by atoms with van der Waals surface area (Å²) in [6.45, 7) is 20.4. The fourth-order valence-electron chi connectivity index (χ4n) is 4.20. The van der Waals surface area contributed by atoms with Crippen LogP contribution in [0.2, 0.25) is 0 Å². The predicted molar refractivity (Wildman–Crippen MR) is 173 cm³/mol. The molecule has 0 unspecified atom stereocenters. The topological polar surface area (TPSA) is 73.9 Å². The van der Waals surface area contributed by atoms with Crippen LogP contribution in [0.1, 0.15) is 63.8 Å². The zero-order valence-electron chi connectivity index (χ0n) is 27.8. The molecular weight excluding hydrogens is 733 g/mol. The van der Waals surface area contributed by atoms with Gasteiger partial charge in [-0.2, -0.15) is 10.5 Å². The number of aryl methyl sites for hydroxylation is 4. The molecule has 46 heavy (non-hydrogen) atoms. The standard InChI is InChI=1S/C29H36O2P.2C2H3N.F6P.Ru/c1-19-11-20(2)14-25(13-19)32(26-15-21(3)12-22(4)16-26)10-9-31-28(30)27-18-24(17-23(27)5)29(6,7)8;2*1-2-3;1-7(2,3,4,5)6;/h11-18H,9-10H2,1-8H3;2*1H3;;/q;;;-1;+2. The van der Waals surface area contributed by atoms with Gasteiger partial charge in [-0.25, -0.2) is 0 Å². The number of nitrogens with zero attached hydrogens (tertiary/aromatic N) is 2. The largest absolute Gasteiger partial charge is 2.00 e. The fraction of sp³-hybridized carbons (Fsp3) is 0.394. The third-order valence-corrected chi connectivity index (χ3v) is 8.16. The summed E-state index contributed by atoms with van der Waals surface area (Å²) in [6, 6.07) is 17.1. The van der Waals surface area contributed by atoms with Gasteiger partial charge in [0, 0.05) is 20.0 Å². The first-order chi connectivity index (χ1) is 20.2. The van der Waals surface area contributed by atoms with E-state index in [0.29, 0.717) is 12.5 Å². The van der Waals surface area contributed by atoms with Crippen LogP contribution in [0, 0.1) is 86.4 Å².